The van der Waals surface area contributed by atoms with Crippen LogP contribution >= 0.6 is 11.8 Å². The molecule has 0 bridgehead atoms. The van der Waals surface area contributed by atoms with Gasteiger partial charge in [0.2, 0.25) is 0 Å². The lowest BCUT2D eigenvalue weighted by Crippen LogP contribution is -2.37. The molecule has 12 heavy (non-hydrogen) atoms. The molecular formula is C8H16N2OS. The van der Waals surface area contributed by atoms with E-state index in [2.05, 4.69) is 16.9 Å². The summed E-state index contributed by atoms with van der Waals surface area (Å²) in [6, 6.07) is 0.462. The minimum atomic E-state index is -0.00129. The zero-order valence-corrected chi connectivity index (χ0v) is 8.25. The molecular weight excluding hydrogens is 172 g/mol. The van der Waals surface area contributed by atoms with Crippen LogP contribution in [-0.2, 0) is 0 Å². The Hall–Kier alpha value is -0.380. The Kier molecular flexibility index (Phi) is 4.29. The van der Waals surface area contributed by atoms with Crippen LogP contribution in [-0.4, -0.2) is 30.6 Å². The first-order valence-corrected chi connectivity index (χ1v) is 5.75. The van der Waals surface area contributed by atoms with E-state index in [0.717, 1.165) is 31.6 Å². The zero-order chi connectivity index (χ0) is 8.81. The van der Waals surface area contributed by atoms with Crippen molar-refractivity contribution in [3.05, 3.63) is 0 Å². The number of nitrogens with one attached hydrogen (secondary N) is 2. The molecule has 70 valence electrons. The predicted octanol–water partition coefficient (Wildman–Crippen LogP) is 1.20. The van der Waals surface area contributed by atoms with Crippen molar-refractivity contribution in [2.24, 2.45) is 0 Å². The van der Waals surface area contributed by atoms with Crippen LogP contribution in [0, 0.1) is 0 Å². The van der Waals surface area contributed by atoms with Crippen molar-refractivity contribution in [1.29, 1.82) is 0 Å². The van der Waals surface area contributed by atoms with Crippen molar-refractivity contribution < 1.29 is 4.79 Å². The van der Waals surface area contributed by atoms with E-state index >= 15 is 0 Å². The highest BCUT2D eigenvalue weighted by molar-refractivity contribution is 7.98. The Morgan fingerprint density at radius 2 is 2.33 bits per heavy atom. The molecule has 0 aliphatic heterocycles. The molecule has 0 aromatic carbocycles. The molecule has 4 heteroatoms. The molecule has 2 amide bonds. The number of hydrogen-bond acceptors (Lipinski definition) is 2. The minimum absolute atomic E-state index is 0.00129. The van der Waals surface area contributed by atoms with Gasteiger partial charge in [-0.2, -0.15) is 11.8 Å². The van der Waals surface area contributed by atoms with Crippen LogP contribution in [0.3, 0.4) is 0 Å². The summed E-state index contributed by atoms with van der Waals surface area (Å²) in [5.74, 6) is 1.11. The Morgan fingerprint density at radius 1 is 1.58 bits per heavy atom. The number of carbonyl (C=O) groups excluding carboxylic acids is 1. The molecule has 0 atom stereocenters. The normalized spacial score (nSPS) is 15.8. The summed E-state index contributed by atoms with van der Waals surface area (Å²) in [6.07, 6.45) is 5.43. The molecule has 1 fully saturated rings. The van der Waals surface area contributed by atoms with Crippen LogP contribution in [0.25, 0.3) is 0 Å². The fourth-order valence-corrected chi connectivity index (χ4v) is 1.32. The lowest BCUT2D eigenvalue weighted by Gasteiger charge is -2.04. The first-order valence-electron chi connectivity index (χ1n) is 4.36. The van der Waals surface area contributed by atoms with Crippen molar-refractivity contribution in [3.8, 4) is 0 Å². The number of hydrogen-bond donors (Lipinski definition) is 2. The van der Waals surface area contributed by atoms with E-state index in [4.69, 9.17) is 0 Å². The van der Waals surface area contributed by atoms with Gasteiger partial charge in [-0.1, -0.05) is 0 Å². The molecule has 1 saturated carbocycles. The molecule has 0 aromatic heterocycles. The molecule has 2 N–H and O–H groups in total. The summed E-state index contributed by atoms with van der Waals surface area (Å²) in [5, 5.41) is 5.70. The van der Waals surface area contributed by atoms with Gasteiger partial charge < -0.3 is 10.6 Å². The maximum Gasteiger partial charge on any atom is 0.315 e. The minimum Gasteiger partial charge on any atom is -0.338 e. The van der Waals surface area contributed by atoms with Crippen LogP contribution in [0.4, 0.5) is 4.79 Å². The Balaban J connectivity index is 1.87. The van der Waals surface area contributed by atoms with Crippen molar-refractivity contribution in [3.63, 3.8) is 0 Å². The third-order valence-electron chi connectivity index (χ3n) is 1.72. The first kappa shape index (κ1) is 9.71. The topological polar surface area (TPSA) is 41.1 Å². The van der Waals surface area contributed by atoms with Gasteiger partial charge in [0.25, 0.3) is 0 Å². The van der Waals surface area contributed by atoms with Gasteiger partial charge in [-0.25, -0.2) is 4.79 Å². The number of carbonyl (C=O) groups is 1. The predicted molar refractivity (Wildman–Crippen MR) is 52.6 cm³/mol. The van der Waals surface area contributed by atoms with Gasteiger partial charge in [0.05, 0.1) is 0 Å². The maximum atomic E-state index is 11.0. The molecule has 3 nitrogen and oxygen atoms in total. The number of amides is 2. The molecule has 0 spiro atoms. The molecule has 0 unspecified atom stereocenters. The quantitative estimate of drug-likeness (QED) is 0.637. The Labute approximate surface area is 77.7 Å². The van der Waals surface area contributed by atoms with Crippen LogP contribution in [0.1, 0.15) is 19.3 Å². The number of thioether (sulfide) groups is 1. The fraction of sp³-hybridized carbons (Fsp3) is 0.875. The second-order valence-corrected chi connectivity index (χ2v) is 4.01. The van der Waals surface area contributed by atoms with E-state index < -0.39 is 0 Å². The highest BCUT2D eigenvalue weighted by atomic mass is 32.2. The van der Waals surface area contributed by atoms with Crippen LogP contribution in [0.15, 0.2) is 0 Å². The Morgan fingerprint density at radius 3 is 2.92 bits per heavy atom. The average molecular weight is 188 g/mol. The summed E-state index contributed by atoms with van der Waals surface area (Å²) in [5.41, 5.74) is 0. The van der Waals surface area contributed by atoms with E-state index in [-0.39, 0.29) is 6.03 Å². The monoisotopic (exact) mass is 188 g/mol. The molecule has 1 aliphatic carbocycles. The number of urea groups is 1. The lowest BCUT2D eigenvalue weighted by molar-refractivity contribution is 0.240. The first-order chi connectivity index (χ1) is 5.83. The zero-order valence-electron chi connectivity index (χ0n) is 7.43. The van der Waals surface area contributed by atoms with Gasteiger partial charge in [-0.15, -0.1) is 0 Å². The third-order valence-corrected chi connectivity index (χ3v) is 2.42. The smallest absolute Gasteiger partial charge is 0.315 e. The Bertz CT molecular complexity index is 148. The molecule has 0 aromatic rings. The molecule has 0 heterocycles. The van der Waals surface area contributed by atoms with Crippen molar-refractivity contribution in [1.82, 2.24) is 10.6 Å². The van der Waals surface area contributed by atoms with E-state index in [0.29, 0.717) is 6.04 Å². The summed E-state index contributed by atoms with van der Waals surface area (Å²) in [6.45, 7) is 0.791. The van der Waals surface area contributed by atoms with Gasteiger partial charge in [0.15, 0.2) is 0 Å². The summed E-state index contributed by atoms with van der Waals surface area (Å²) < 4.78 is 0. The molecule has 1 aliphatic rings. The largest absolute Gasteiger partial charge is 0.338 e. The van der Waals surface area contributed by atoms with Crippen LogP contribution < -0.4 is 10.6 Å². The molecule has 1 rings (SSSR count). The second kappa shape index (κ2) is 5.30. The van der Waals surface area contributed by atoms with Crippen LogP contribution in [0.5, 0.6) is 0 Å². The summed E-state index contributed by atoms with van der Waals surface area (Å²) in [4.78, 5) is 11.0. The maximum absolute atomic E-state index is 11.0. The van der Waals surface area contributed by atoms with Gasteiger partial charge in [0, 0.05) is 12.6 Å². The summed E-state index contributed by atoms with van der Waals surface area (Å²) in [7, 11) is 0. The van der Waals surface area contributed by atoms with Crippen LogP contribution in [0.2, 0.25) is 0 Å². The van der Waals surface area contributed by atoms with E-state index in [1.165, 1.54) is 0 Å². The SMILES string of the molecule is CSCCCNC(=O)NC1CC1. The van der Waals surface area contributed by atoms with Crippen molar-refractivity contribution in [2.75, 3.05) is 18.6 Å². The third kappa shape index (κ3) is 4.49. The second-order valence-electron chi connectivity index (χ2n) is 3.02. The van der Waals surface area contributed by atoms with Crippen molar-refractivity contribution >= 4 is 17.8 Å². The van der Waals surface area contributed by atoms with Gasteiger partial charge in [0.1, 0.15) is 0 Å². The molecule has 0 radical (unpaired) electrons. The lowest BCUT2D eigenvalue weighted by atomic mass is 10.5. The highest BCUT2D eigenvalue weighted by Gasteiger charge is 2.22. The molecule has 0 saturated heterocycles. The van der Waals surface area contributed by atoms with Crippen molar-refractivity contribution in [2.45, 2.75) is 25.3 Å². The van der Waals surface area contributed by atoms with E-state index in [1.807, 2.05) is 11.8 Å². The summed E-state index contributed by atoms with van der Waals surface area (Å²) >= 11 is 1.81. The fourth-order valence-electron chi connectivity index (χ4n) is 0.883. The van der Waals surface area contributed by atoms with Gasteiger partial charge >= 0.3 is 6.03 Å². The van der Waals surface area contributed by atoms with E-state index in [1.54, 1.807) is 0 Å². The van der Waals surface area contributed by atoms with E-state index in [9.17, 15) is 4.79 Å². The highest BCUT2D eigenvalue weighted by Crippen LogP contribution is 2.18. The average Bonchev–Trinajstić information content (AvgIpc) is 2.82. The standard InChI is InChI=1S/C8H16N2OS/c1-12-6-2-5-9-8(11)10-7-3-4-7/h7H,2-6H2,1H3,(H2,9,10,11). The van der Waals surface area contributed by atoms with Gasteiger partial charge in [-0.3, -0.25) is 0 Å². The number of rotatable bonds is 5. The van der Waals surface area contributed by atoms with Gasteiger partial charge in [-0.05, 0) is 31.3 Å².